The molecule has 0 spiro atoms. The van der Waals surface area contributed by atoms with Gasteiger partial charge in [0.05, 0.1) is 0 Å². The molecule has 1 atom stereocenters. The molecule has 1 nitrogen and oxygen atoms in total. The van der Waals surface area contributed by atoms with Crippen molar-refractivity contribution in [2.24, 2.45) is 0 Å². The Balaban J connectivity index is 4.19. The first-order valence-electron chi connectivity index (χ1n) is 4.81. The molecule has 1 unspecified atom stereocenters. The zero-order valence-corrected chi connectivity index (χ0v) is 10.8. The average Bonchev–Trinajstić information content (AvgIpc) is 1.99. The van der Waals surface area contributed by atoms with Crippen LogP contribution in [0.25, 0.3) is 0 Å². The minimum absolute atomic E-state index is 0.640. The van der Waals surface area contributed by atoms with Gasteiger partial charge in [0.2, 0.25) is 7.55 Å². The summed E-state index contributed by atoms with van der Waals surface area (Å²) in [6, 6.07) is 1.22. The van der Waals surface area contributed by atoms with Crippen molar-refractivity contribution in [3.05, 3.63) is 0 Å². The van der Waals surface area contributed by atoms with Crippen molar-refractivity contribution < 1.29 is 0 Å². The number of halogens is 1. The van der Waals surface area contributed by atoms with E-state index in [1.54, 1.807) is 0 Å². The summed E-state index contributed by atoms with van der Waals surface area (Å²) in [5.74, 6) is 0. The summed E-state index contributed by atoms with van der Waals surface area (Å²) in [7, 11) is 2.62. The van der Waals surface area contributed by atoms with Gasteiger partial charge in [-0.2, -0.15) is 0 Å². The van der Waals surface area contributed by atoms with Gasteiger partial charge in [-0.3, -0.25) is 0 Å². The molecule has 0 fully saturated rings. The fraction of sp³-hybridized carbons (Fsp3) is 1.00. The van der Waals surface area contributed by atoms with Crippen LogP contribution in [0, 0.1) is 0 Å². The maximum atomic E-state index is 6.65. The normalized spacial score (nSPS) is 17.0. The van der Waals surface area contributed by atoms with E-state index in [1.165, 1.54) is 18.9 Å². The molecule has 0 N–H and O–H groups in total. The first kappa shape index (κ1) is 12.5. The van der Waals surface area contributed by atoms with Crippen LogP contribution in [0.5, 0.6) is 0 Å². The molecule has 0 aromatic rings. The Bertz CT molecular complexity index is 118. The summed E-state index contributed by atoms with van der Waals surface area (Å²) in [6.07, 6.45) is 2.52. The number of unbranched alkanes of at least 4 members (excludes halogenated alkanes) is 1. The molecule has 0 aliphatic heterocycles. The molecule has 0 heterocycles. The third-order valence-electron chi connectivity index (χ3n) is 2.51. The number of hydrogen-bond acceptors (Lipinski definition) is 1. The lowest BCUT2D eigenvalue weighted by Crippen LogP contribution is -2.46. The molecule has 0 amide bonds. The number of nitrogens with zero attached hydrogens (tertiary/aromatic N) is 1. The highest BCUT2D eigenvalue weighted by molar-refractivity contribution is 7.19. The molecule has 0 aromatic heterocycles. The van der Waals surface area contributed by atoms with Crippen LogP contribution in [-0.4, -0.2) is 26.2 Å². The summed E-state index contributed by atoms with van der Waals surface area (Å²) >= 11 is 6.65. The highest BCUT2D eigenvalue weighted by Gasteiger charge is 2.36. The Kier molecular flexibility index (Phi) is 5.46. The third-order valence-corrected chi connectivity index (χ3v) is 9.71. The van der Waals surface area contributed by atoms with E-state index in [4.69, 9.17) is 11.1 Å². The van der Waals surface area contributed by atoms with E-state index in [9.17, 15) is 0 Å². The smallest absolute Gasteiger partial charge is 0.231 e. The Morgan fingerprint density at radius 2 is 1.83 bits per heavy atom. The first-order valence-corrected chi connectivity index (χ1v) is 8.05. The minimum atomic E-state index is -1.62. The van der Waals surface area contributed by atoms with Gasteiger partial charge in [0.15, 0.2) is 0 Å². The molecule has 0 aliphatic rings. The van der Waals surface area contributed by atoms with Crippen molar-refractivity contribution in [1.82, 2.24) is 4.57 Å². The van der Waals surface area contributed by atoms with Crippen LogP contribution in [0.15, 0.2) is 0 Å². The predicted molar refractivity (Wildman–Crippen MR) is 60.1 cm³/mol. The van der Waals surface area contributed by atoms with Gasteiger partial charge in [0.25, 0.3) is 0 Å². The second-order valence-electron chi connectivity index (χ2n) is 3.97. The molecule has 12 heavy (non-hydrogen) atoms. The number of rotatable bonds is 5. The van der Waals surface area contributed by atoms with Crippen LogP contribution in [0.1, 0.15) is 33.6 Å². The molecule has 0 bridgehead atoms. The van der Waals surface area contributed by atoms with Crippen LogP contribution in [0.3, 0.4) is 0 Å². The number of hydrogen-bond donors (Lipinski definition) is 0. The zero-order chi connectivity index (χ0) is 9.78. The molecule has 0 aliphatic carbocycles. The van der Waals surface area contributed by atoms with Gasteiger partial charge < -0.3 is 4.57 Å². The van der Waals surface area contributed by atoms with Crippen molar-refractivity contribution in [2.75, 3.05) is 14.1 Å². The maximum absolute atomic E-state index is 6.65. The molecule has 0 saturated carbocycles. The van der Waals surface area contributed by atoms with Gasteiger partial charge >= 0.3 is 0 Å². The molecule has 0 radical (unpaired) electrons. The van der Waals surface area contributed by atoms with Gasteiger partial charge in [-0.1, -0.05) is 33.6 Å². The Hall–Kier alpha value is 0.467. The van der Waals surface area contributed by atoms with E-state index >= 15 is 0 Å². The predicted octanol–water partition coefficient (Wildman–Crippen LogP) is 3.44. The molecular formula is C9H22ClNSi. The van der Waals surface area contributed by atoms with Crippen LogP contribution in [0.4, 0.5) is 0 Å². The lowest BCUT2D eigenvalue weighted by molar-refractivity contribution is 0.599. The summed E-state index contributed by atoms with van der Waals surface area (Å²) in [5.41, 5.74) is 0.640. The summed E-state index contributed by atoms with van der Waals surface area (Å²) < 4.78 is 2.27. The van der Waals surface area contributed by atoms with Gasteiger partial charge in [-0.15, -0.1) is 11.1 Å². The van der Waals surface area contributed by atoms with Crippen LogP contribution in [0.2, 0.25) is 11.6 Å². The lowest BCUT2D eigenvalue weighted by Gasteiger charge is -2.34. The lowest BCUT2D eigenvalue weighted by atomic mass is 10.4. The largest absolute Gasteiger partial charge is 0.317 e. The highest BCUT2D eigenvalue weighted by Crippen LogP contribution is 2.32. The van der Waals surface area contributed by atoms with Gasteiger partial charge in [-0.25, -0.2) is 0 Å². The fourth-order valence-corrected chi connectivity index (χ4v) is 4.76. The summed E-state index contributed by atoms with van der Waals surface area (Å²) in [6.45, 7) is 6.71. The molecule has 0 saturated heterocycles. The van der Waals surface area contributed by atoms with E-state index in [2.05, 4.69) is 39.4 Å². The molecule has 74 valence electrons. The van der Waals surface area contributed by atoms with Gasteiger partial charge in [0, 0.05) is 0 Å². The molecule has 3 heteroatoms. The van der Waals surface area contributed by atoms with Crippen molar-refractivity contribution in [1.29, 1.82) is 0 Å². The standard InChI is InChI=1S/C9H22ClNSi/c1-6-7-8-12(10,9(2)3)11(4)5/h9H,6-8H2,1-5H3. The van der Waals surface area contributed by atoms with Crippen molar-refractivity contribution in [2.45, 2.75) is 45.2 Å². The molecular weight excluding hydrogens is 186 g/mol. The van der Waals surface area contributed by atoms with E-state index in [0.29, 0.717) is 5.54 Å². The van der Waals surface area contributed by atoms with Gasteiger partial charge in [0.1, 0.15) is 0 Å². The highest BCUT2D eigenvalue weighted by atomic mass is 35.6. The van der Waals surface area contributed by atoms with Gasteiger partial charge in [-0.05, 0) is 25.7 Å². The quantitative estimate of drug-likeness (QED) is 0.493. The minimum Gasteiger partial charge on any atom is -0.317 e. The van der Waals surface area contributed by atoms with Crippen molar-refractivity contribution in [3.63, 3.8) is 0 Å². The topological polar surface area (TPSA) is 3.24 Å². The van der Waals surface area contributed by atoms with E-state index in [0.717, 1.165) is 0 Å². The average molecular weight is 208 g/mol. The second-order valence-corrected chi connectivity index (χ2v) is 10.1. The summed E-state index contributed by atoms with van der Waals surface area (Å²) in [4.78, 5) is 0. The summed E-state index contributed by atoms with van der Waals surface area (Å²) in [5, 5.41) is 0. The fourth-order valence-electron chi connectivity index (χ4n) is 1.45. The molecule has 0 aromatic carbocycles. The Labute approximate surface area is 82.9 Å². The maximum Gasteiger partial charge on any atom is 0.231 e. The Morgan fingerprint density at radius 1 is 1.33 bits per heavy atom. The monoisotopic (exact) mass is 207 g/mol. The van der Waals surface area contributed by atoms with E-state index in [-0.39, 0.29) is 0 Å². The SMILES string of the molecule is CCCC[Si](Cl)(C(C)C)N(C)C. The van der Waals surface area contributed by atoms with Crippen LogP contribution < -0.4 is 0 Å². The zero-order valence-electron chi connectivity index (χ0n) is 9.02. The Morgan fingerprint density at radius 3 is 2.08 bits per heavy atom. The molecule has 0 rings (SSSR count). The first-order chi connectivity index (χ1) is 5.45. The van der Waals surface area contributed by atoms with E-state index < -0.39 is 7.55 Å². The second kappa shape index (κ2) is 5.25. The van der Waals surface area contributed by atoms with Crippen molar-refractivity contribution in [3.8, 4) is 0 Å². The van der Waals surface area contributed by atoms with Crippen LogP contribution in [-0.2, 0) is 0 Å². The van der Waals surface area contributed by atoms with Crippen molar-refractivity contribution >= 4 is 18.6 Å². The van der Waals surface area contributed by atoms with E-state index in [1.807, 2.05) is 0 Å². The van der Waals surface area contributed by atoms with Crippen LogP contribution >= 0.6 is 11.1 Å². The third kappa shape index (κ3) is 3.07.